The molecule has 0 amide bonds. The SMILES string of the molecule is C=C(C)C.CC(=O)C(C)=O. The maximum atomic E-state index is 9.79. The van der Waals surface area contributed by atoms with E-state index in [1.807, 2.05) is 13.8 Å². The summed E-state index contributed by atoms with van der Waals surface area (Å²) in [4.78, 5) is 19.6. The van der Waals surface area contributed by atoms with Gasteiger partial charge in [0.05, 0.1) is 0 Å². The summed E-state index contributed by atoms with van der Waals surface area (Å²) in [6.45, 7) is 10.0. The lowest BCUT2D eigenvalue weighted by Crippen LogP contribution is -2.01. The summed E-state index contributed by atoms with van der Waals surface area (Å²) in [6, 6.07) is 0. The topological polar surface area (TPSA) is 34.1 Å². The molecule has 0 radical (unpaired) electrons. The third-order valence-electron chi connectivity index (χ3n) is 0.496. The van der Waals surface area contributed by atoms with Crippen LogP contribution in [-0.4, -0.2) is 11.6 Å². The molecule has 2 nitrogen and oxygen atoms in total. The Labute approximate surface area is 61.9 Å². The van der Waals surface area contributed by atoms with Gasteiger partial charge in [0.2, 0.25) is 0 Å². The van der Waals surface area contributed by atoms with E-state index in [4.69, 9.17) is 0 Å². The Bertz CT molecular complexity index is 129. The Balaban J connectivity index is 0. The number of ketones is 2. The van der Waals surface area contributed by atoms with Crippen molar-refractivity contribution in [2.75, 3.05) is 0 Å². The fourth-order valence-corrected chi connectivity index (χ4v) is 0. The first-order valence-electron chi connectivity index (χ1n) is 3.01. The molecule has 0 saturated carbocycles. The van der Waals surface area contributed by atoms with E-state index in [2.05, 4.69) is 6.58 Å². The molecule has 0 rings (SSSR count). The maximum absolute atomic E-state index is 9.79. The van der Waals surface area contributed by atoms with E-state index in [1.165, 1.54) is 19.4 Å². The summed E-state index contributed by atoms with van der Waals surface area (Å²) < 4.78 is 0. The summed E-state index contributed by atoms with van der Waals surface area (Å²) in [6.07, 6.45) is 0. The van der Waals surface area contributed by atoms with Crippen LogP contribution in [0, 0.1) is 0 Å². The van der Waals surface area contributed by atoms with Crippen molar-refractivity contribution in [2.24, 2.45) is 0 Å². The zero-order valence-electron chi connectivity index (χ0n) is 7.02. The molecule has 0 bridgehead atoms. The quantitative estimate of drug-likeness (QED) is 0.413. The first-order valence-corrected chi connectivity index (χ1v) is 3.01. The molecule has 2 heteroatoms. The lowest BCUT2D eigenvalue weighted by molar-refractivity contribution is -0.134. The summed E-state index contributed by atoms with van der Waals surface area (Å²) in [7, 11) is 0. The summed E-state index contributed by atoms with van der Waals surface area (Å²) in [5.74, 6) is -0.759. The molecule has 0 saturated heterocycles. The van der Waals surface area contributed by atoms with Gasteiger partial charge in [0.1, 0.15) is 0 Å². The summed E-state index contributed by atoms with van der Waals surface area (Å²) in [5.41, 5.74) is 1.17. The molecule has 0 heterocycles. The average molecular weight is 142 g/mol. The van der Waals surface area contributed by atoms with Crippen molar-refractivity contribution in [2.45, 2.75) is 27.7 Å². The Kier molecular flexibility index (Phi) is 7.34. The number of hydrogen-bond acceptors (Lipinski definition) is 2. The normalized spacial score (nSPS) is 7.20. The number of Topliss-reactive ketones (excluding diaryl/α,β-unsaturated/α-hetero) is 2. The van der Waals surface area contributed by atoms with Gasteiger partial charge in [-0.15, -0.1) is 6.58 Å². The van der Waals surface area contributed by atoms with Crippen LogP contribution in [0.2, 0.25) is 0 Å². The van der Waals surface area contributed by atoms with Gasteiger partial charge >= 0.3 is 0 Å². The van der Waals surface area contributed by atoms with E-state index >= 15 is 0 Å². The molecule has 0 aliphatic rings. The van der Waals surface area contributed by atoms with E-state index in [9.17, 15) is 9.59 Å². The number of rotatable bonds is 1. The largest absolute Gasteiger partial charge is 0.291 e. The van der Waals surface area contributed by atoms with E-state index in [0.29, 0.717) is 0 Å². The molecule has 0 fully saturated rings. The minimum absolute atomic E-state index is 0.380. The highest BCUT2D eigenvalue weighted by atomic mass is 16.2. The number of carbonyl (C=O) groups excluding carboxylic acids is 2. The molecule has 0 aliphatic heterocycles. The van der Waals surface area contributed by atoms with Crippen molar-refractivity contribution in [3.8, 4) is 0 Å². The predicted molar refractivity (Wildman–Crippen MR) is 41.9 cm³/mol. The van der Waals surface area contributed by atoms with E-state index in [0.717, 1.165) is 0 Å². The van der Waals surface area contributed by atoms with E-state index in [-0.39, 0.29) is 11.6 Å². The van der Waals surface area contributed by atoms with Crippen molar-refractivity contribution < 1.29 is 9.59 Å². The predicted octanol–water partition coefficient (Wildman–Crippen LogP) is 1.75. The second-order valence-electron chi connectivity index (χ2n) is 2.32. The Morgan fingerprint density at radius 1 is 0.900 bits per heavy atom. The Hall–Kier alpha value is -0.920. The van der Waals surface area contributed by atoms with Gasteiger partial charge in [-0.1, -0.05) is 5.57 Å². The lowest BCUT2D eigenvalue weighted by Gasteiger charge is -1.73. The van der Waals surface area contributed by atoms with Gasteiger partial charge < -0.3 is 0 Å². The standard InChI is InChI=1S/C4H6O2.C4H8/c1-3(5)4(2)6;1-4(2)3/h1-2H3;1H2,2-3H3. The van der Waals surface area contributed by atoms with Crippen LogP contribution in [0.25, 0.3) is 0 Å². The molecule has 0 aliphatic carbocycles. The average Bonchev–Trinajstić information content (AvgIpc) is 1.63. The second-order valence-corrected chi connectivity index (χ2v) is 2.32. The number of carbonyl (C=O) groups is 2. The minimum atomic E-state index is -0.380. The molecular formula is C8H14O2. The number of hydrogen-bond donors (Lipinski definition) is 0. The molecule has 10 heavy (non-hydrogen) atoms. The molecule has 0 N–H and O–H groups in total. The zero-order chi connectivity index (χ0) is 8.73. The van der Waals surface area contributed by atoms with Crippen molar-refractivity contribution in [3.05, 3.63) is 12.2 Å². The fourth-order valence-electron chi connectivity index (χ4n) is 0. The van der Waals surface area contributed by atoms with Crippen LogP contribution in [0.4, 0.5) is 0 Å². The molecule has 0 spiro atoms. The van der Waals surface area contributed by atoms with E-state index in [1.54, 1.807) is 0 Å². The zero-order valence-corrected chi connectivity index (χ0v) is 7.02. The van der Waals surface area contributed by atoms with Gasteiger partial charge in [0, 0.05) is 13.8 Å². The Morgan fingerprint density at radius 3 is 1.00 bits per heavy atom. The van der Waals surface area contributed by atoms with Crippen LogP contribution in [0.1, 0.15) is 27.7 Å². The van der Waals surface area contributed by atoms with Crippen molar-refractivity contribution >= 4 is 11.6 Å². The highest BCUT2D eigenvalue weighted by molar-refractivity contribution is 6.35. The van der Waals surface area contributed by atoms with Gasteiger partial charge in [-0.3, -0.25) is 9.59 Å². The third-order valence-corrected chi connectivity index (χ3v) is 0.496. The Morgan fingerprint density at radius 2 is 1.00 bits per heavy atom. The number of allylic oxidation sites excluding steroid dienone is 1. The maximum Gasteiger partial charge on any atom is 0.195 e. The third kappa shape index (κ3) is 27.6. The minimum Gasteiger partial charge on any atom is -0.291 e. The van der Waals surface area contributed by atoms with E-state index < -0.39 is 0 Å². The fraction of sp³-hybridized carbons (Fsp3) is 0.500. The van der Waals surface area contributed by atoms with Gasteiger partial charge in [-0.25, -0.2) is 0 Å². The molecular weight excluding hydrogens is 128 g/mol. The van der Waals surface area contributed by atoms with Crippen LogP contribution in [-0.2, 0) is 9.59 Å². The molecule has 58 valence electrons. The molecule has 0 aromatic carbocycles. The monoisotopic (exact) mass is 142 g/mol. The van der Waals surface area contributed by atoms with Crippen molar-refractivity contribution in [3.63, 3.8) is 0 Å². The van der Waals surface area contributed by atoms with Crippen LogP contribution in [0.15, 0.2) is 12.2 Å². The first-order chi connectivity index (χ1) is 4.37. The molecule has 0 atom stereocenters. The van der Waals surface area contributed by atoms with Crippen molar-refractivity contribution in [1.29, 1.82) is 0 Å². The summed E-state index contributed by atoms with van der Waals surface area (Å²) >= 11 is 0. The van der Waals surface area contributed by atoms with Crippen molar-refractivity contribution in [1.82, 2.24) is 0 Å². The highest BCUT2D eigenvalue weighted by Gasteiger charge is 1.94. The van der Waals surface area contributed by atoms with Gasteiger partial charge in [-0.05, 0) is 13.8 Å². The van der Waals surface area contributed by atoms with Gasteiger partial charge in [-0.2, -0.15) is 0 Å². The highest BCUT2D eigenvalue weighted by Crippen LogP contribution is 1.73. The van der Waals surface area contributed by atoms with Crippen LogP contribution in [0.5, 0.6) is 0 Å². The van der Waals surface area contributed by atoms with Gasteiger partial charge in [0.15, 0.2) is 11.6 Å². The van der Waals surface area contributed by atoms with Crippen LogP contribution < -0.4 is 0 Å². The molecule has 0 unspecified atom stereocenters. The smallest absolute Gasteiger partial charge is 0.195 e. The van der Waals surface area contributed by atoms with Crippen LogP contribution in [0.3, 0.4) is 0 Å². The molecule has 0 aromatic rings. The van der Waals surface area contributed by atoms with Gasteiger partial charge in [0.25, 0.3) is 0 Å². The lowest BCUT2D eigenvalue weighted by atomic mass is 10.3. The first kappa shape index (κ1) is 11.8. The molecule has 0 aromatic heterocycles. The summed E-state index contributed by atoms with van der Waals surface area (Å²) in [5, 5.41) is 0. The second kappa shape index (κ2) is 6.20. The van der Waals surface area contributed by atoms with Crippen LogP contribution >= 0.6 is 0 Å².